The quantitative estimate of drug-likeness (QED) is 0.896. The first kappa shape index (κ1) is 12.7. The van der Waals surface area contributed by atoms with Gasteiger partial charge >= 0.3 is 0 Å². The molecular formula is C11H12Br2N4. The van der Waals surface area contributed by atoms with Crippen molar-refractivity contribution in [3.63, 3.8) is 0 Å². The summed E-state index contributed by atoms with van der Waals surface area (Å²) in [6.45, 7) is 2.04. The van der Waals surface area contributed by atoms with Crippen LogP contribution in [0.4, 0.5) is 0 Å². The van der Waals surface area contributed by atoms with Crippen molar-refractivity contribution in [1.82, 2.24) is 15.0 Å². The van der Waals surface area contributed by atoms with Gasteiger partial charge in [-0.05, 0) is 46.1 Å². The molecule has 90 valence electrons. The molecule has 2 N–H and O–H groups in total. The SMILES string of the molecule is Cc1cc(Br)cc(C(N)c2c(Br)nnn2C)c1. The molecule has 0 spiro atoms. The van der Waals surface area contributed by atoms with E-state index in [9.17, 15) is 0 Å². The maximum absolute atomic E-state index is 6.25. The number of nitrogens with zero attached hydrogens (tertiary/aromatic N) is 3. The van der Waals surface area contributed by atoms with E-state index < -0.39 is 0 Å². The predicted molar refractivity (Wildman–Crippen MR) is 73.6 cm³/mol. The van der Waals surface area contributed by atoms with Crippen molar-refractivity contribution in [1.29, 1.82) is 0 Å². The molecule has 1 aromatic heterocycles. The summed E-state index contributed by atoms with van der Waals surface area (Å²) in [5.74, 6) is 0. The van der Waals surface area contributed by atoms with Crippen molar-refractivity contribution in [3.8, 4) is 0 Å². The maximum atomic E-state index is 6.25. The summed E-state index contributed by atoms with van der Waals surface area (Å²) in [6.07, 6.45) is 0. The minimum atomic E-state index is -0.249. The molecule has 0 fully saturated rings. The van der Waals surface area contributed by atoms with Gasteiger partial charge in [0.2, 0.25) is 0 Å². The Morgan fingerprint density at radius 1 is 1.29 bits per heavy atom. The summed E-state index contributed by atoms with van der Waals surface area (Å²) < 4.78 is 3.39. The number of benzene rings is 1. The van der Waals surface area contributed by atoms with Gasteiger partial charge in [-0.15, -0.1) is 5.10 Å². The number of rotatable bonds is 2. The van der Waals surface area contributed by atoms with Gasteiger partial charge in [0.1, 0.15) is 0 Å². The molecule has 0 aliphatic carbocycles. The highest BCUT2D eigenvalue weighted by molar-refractivity contribution is 9.10. The van der Waals surface area contributed by atoms with Gasteiger partial charge < -0.3 is 5.73 Å². The van der Waals surface area contributed by atoms with Gasteiger partial charge in [-0.3, -0.25) is 0 Å². The number of nitrogens with two attached hydrogens (primary N) is 1. The fraction of sp³-hybridized carbons (Fsp3) is 0.273. The van der Waals surface area contributed by atoms with Crippen molar-refractivity contribution < 1.29 is 0 Å². The second-order valence-corrected chi connectivity index (χ2v) is 5.60. The Morgan fingerprint density at radius 3 is 2.53 bits per heavy atom. The van der Waals surface area contributed by atoms with Crippen LogP contribution in [0.1, 0.15) is 22.9 Å². The summed E-state index contributed by atoms with van der Waals surface area (Å²) in [5, 5.41) is 7.88. The van der Waals surface area contributed by atoms with Crippen LogP contribution in [0.2, 0.25) is 0 Å². The molecule has 0 aliphatic heterocycles. The Hall–Kier alpha value is -0.720. The molecule has 1 unspecified atom stereocenters. The average Bonchev–Trinajstić information content (AvgIpc) is 2.56. The number of hydrogen-bond donors (Lipinski definition) is 1. The molecule has 4 nitrogen and oxygen atoms in total. The van der Waals surface area contributed by atoms with Crippen LogP contribution in [0, 0.1) is 6.92 Å². The number of aromatic nitrogens is 3. The van der Waals surface area contributed by atoms with Crippen molar-refractivity contribution in [2.45, 2.75) is 13.0 Å². The van der Waals surface area contributed by atoms with E-state index in [0.29, 0.717) is 4.60 Å². The molecule has 1 aromatic carbocycles. The molecule has 0 radical (unpaired) electrons. The molecular weight excluding hydrogens is 348 g/mol. The fourth-order valence-electron chi connectivity index (χ4n) is 1.77. The molecule has 0 aliphatic rings. The Morgan fingerprint density at radius 2 is 2.00 bits per heavy atom. The van der Waals surface area contributed by atoms with Gasteiger partial charge in [0.05, 0.1) is 11.7 Å². The van der Waals surface area contributed by atoms with Crippen molar-refractivity contribution in [2.24, 2.45) is 12.8 Å². The van der Waals surface area contributed by atoms with Crippen molar-refractivity contribution >= 4 is 31.9 Å². The molecule has 1 atom stereocenters. The van der Waals surface area contributed by atoms with Crippen LogP contribution in [-0.4, -0.2) is 15.0 Å². The van der Waals surface area contributed by atoms with Gasteiger partial charge in [-0.25, -0.2) is 4.68 Å². The zero-order valence-corrected chi connectivity index (χ0v) is 12.7. The van der Waals surface area contributed by atoms with E-state index in [2.05, 4.69) is 48.2 Å². The summed E-state index contributed by atoms with van der Waals surface area (Å²) in [5.41, 5.74) is 9.31. The predicted octanol–water partition coefficient (Wildman–Crippen LogP) is 2.70. The lowest BCUT2D eigenvalue weighted by Crippen LogP contribution is -2.16. The van der Waals surface area contributed by atoms with Crippen molar-refractivity contribution in [2.75, 3.05) is 0 Å². The lowest BCUT2D eigenvalue weighted by molar-refractivity contribution is 0.650. The third-order valence-electron chi connectivity index (χ3n) is 2.54. The first-order chi connectivity index (χ1) is 7.99. The van der Waals surface area contributed by atoms with Crippen LogP contribution in [0.3, 0.4) is 0 Å². The monoisotopic (exact) mass is 358 g/mol. The van der Waals surface area contributed by atoms with E-state index >= 15 is 0 Å². The first-order valence-electron chi connectivity index (χ1n) is 5.07. The van der Waals surface area contributed by atoms with Gasteiger partial charge in [-0.1, -0.05) is 27.2 Å². The second kappa shape index (κ2) is 4.88. The first-order valence-corrected chi connectivity index (χ1v) is 6.65. The zero-order valence-electron chi connectivity index (χ0n) is 9.48. The van der Waals surface area contributed by atoms with Crippen LogP contribution in [0.25, 0.3) is 0 Å². The molecule has 0 bridgehead atoms. The Kier molecular flexibility index (Phi) is 3.65. The maximum Gasteiger partial charge on any atom is 0.153 e. The third kappa shape index (κ3) is 2.59. The van der Waals surface area contributed by atoms with Crippen LogP contribution in [-0.2, 0) is 7.05 Å². The summed E-state index contributed by atoms with van der Waals surface area (Å²) in [7, 11) is 1.83. The highest BCUT2D eigenvalue weighted by Gasteiger charge is 2.18. The van der Waals surface area contributed by atoms with Crippen LogP contribution in [0.5, 0.6) is 0 Å². The largest absolute Gasteiger partial charge is 0.319 e. The van der Waals surface area contributed by atoms with E-state index in [1.165, 1.54) is 0 Å². The number of aryl methyl sites for hydroxylation is 2. The molecule has 1 heterocycles. The second-order valence-electron chi connectivity index (χ2n) is 3.93. The molecule has 17 heavy (non-hydrogen) atoms. The molecule has 2 aromatic rings. The van der Waals surface area contributed by atoms with E-state index in [1.807, 2.05) is 26.1 Å². The molecule has 0 saturated carbocycles. The van der Waals surface area contributed by atoms with Crippen molar-refractivity contribution in [3.05, 3.63) is 44.1 Å². The van der Waals surface area contributed by atoms with Gasteiger partial charge in [0, 0.05) is 11.5 Å². The van der Waals surface area contributed by atoms with E-state index in [1.54, 1.807) is 4.68 Å². The lowest BCUT2D eigenvalue weighted by atomic mass is 10.0. The number of hydrogen-bond acceptors (Lipinski definition) is 3. The Balaban J connectivity index is 2.47. The highest BCUT2D eigenvalue weighted by atomic mass is 79.9. The molecule has 2 rings (SSSR count). The summed E-state index contributed by atoms with van der Waals surface area (Å²) in [6, 6.07) is 5.87. The zero-order chi connectivity index (χ0) is 12.6. The van der Waals surface area contributed by atoms with Crippen LogP contribution < -0.4 is 5.73 Å². The molecule has 0 amide bonds. The van der Waals surface area contributed by atoms with Crippen LogP contribution in [0.15, 0.2) is 27.3 Å². The summed E-state index contributed by atoms with van der Waals surface area (Å²) >= 11 is 6.84. The highest BCUT2D eigenvalue weighted by Crippen LogP contribution is 2.27. The van der Waals surface area contributed by atoms with Gasteiger partial charge in [0.25, 0.3) is 0 Å². The molecule has 6 heteroatoms. The minimum Gasteiger partial charge on any atom is -0.319 e. The standard InChI is InChI=1S/C11H12Br2N4/c1-6-3-7(5-8(12)4-6)9(14)10-11(13)15-16-17(10)2/h3-5,9H,14H2,1-2H3. The van der Waals surface area contributed by atoms with Gasteiger partial charge in [-0.2, -0.15) is 0 Å². The smallest absolute Gasteiger partial charge is 0.153 e. The van der Waals surface area contributed by atoms with Gasteiger partial charge in [0.15, 0.2) is 4.60 Å². The Labute approximate surface area is 116 Å². The Bertz CT molecular complexity index is 511. The third-order valence-corrected chi connectivity index (χ3v) is 3.57. The van der Waals surface area contributed by atoms with E-state index in [4.69, 9.17) is 5.73 Å². The minimum absolute atomic E-state index is 0.249. The normalized spacial score (nSPS) is 12.8. The van der Waals surface area contributed by atoms with E-state index in [0.717, 1.165) is 21.3 Å². The molecule has 0 saturated heterocycles. The lowest BCUT2D eigenvalue weighted by Gasteiger charge is -2.13. The fourth-order valence-corrected chi connectivity index (χ4v) is 2.97. The topological polar surface area (TPSA) is 56.7 Å². The number of halogens is 2. The van der Waals surface area contributed by atoms with Crippen LogP contribution >= 0.6 is 31.9 Å². The summed E-state index contributed by atoms with van der Waals surface area (Å²) in [4.78, 5) is 0. The van der Waals surface area contributed by atoms with E-state index in [-0.39, 0.29) is 6.04 Å². The average molecular weight is 360 g/mol.